The molecule has 28 heavy (non-hydrogen) atoms. The van der Waals surface area contributed by atoms with E-state index in [-0.39, 0.29) is 12.5 Å². The second-order valence-electron chi connectivity index (χ2n) is 6.13. The summed E-state index contributed by atoms with van der Waals surface area (Å²) in [5.74, 6) is -1.32. The quantitative estimate of drug-likeness (QED) is 0.468. The lowest BCUT2D eigenvalue weighted by Gasteiger charge is -2.14. The number of fused-ring (bicyclic) bond motifs is 1. The Balaban J connectivity index is 2.01. The monoisotopic (exact) mass is 400 g/mol. The van der Waals surface area contributed by atoms with Gasteiger partial charge in [-0.05, 0) is 43.9 Å². The lowest BCUT2D eigenvalue weighted by Crippen LogP contribution is -2.16. The van der Waals surface area contributed by atoms with Crippen LogP contribution in [0.3, 0.4) is 0 Å². The maximum absolute atomic E-state index is 12.6. The van der Waals surface area contributed by atoms with Gasteiger partial charge in [0.05, 0.1) is 22.8 Å². The van der Waals surface area contributed by atoms with Gasteiger partial charge in [0.15, 0.2) is 0 Å². The summed E-state index contributed by atoms with van der Waals surface area (Å²) < 4.78 is 5.20. The molecule has 0 atom stereocenters. The van der Waals surface area contributed by atoms with Crippen molar-refractivity contribution >= 4 is 39.9 Å². The zero-order valence-corrected chi connectivity index (χ0v) is 16.4. The number of oxime groups is 1. The Hall–Kier alpha value is -3.00. The number of nitrogens with zero attached hydrogens (tertiary/aromatic N) is 1. The van der Waals surface area contributed by atoms with Crippen LogP contribution in [0.25, 0.3) is 0 Å². The number of nitrogens with one attached hydrogen (secondary N) is 1. The van der Waals surface area contributed by atoms with Gasteiger partial charge in [-0.1, -0.05) is 23.4 Å². The van der Waals surface area contributed by atoms with Gasteiger partial charge in [-0.3, -0.25) is 4.79 Å². The summed E-state index contributed by atoms with van der Waals surface area (Å²) in [5.41, 5.74) is 2.19. The van der Waals surface area contributed by atoms with Gasteiger partial charge in [0.25, 0.3) is 5.91 Å². The highest BCUT2D eigenvalue weighted by Crippen LogP contribution is 2.39. The number of amides is 1. The van der Waals surface area contributed by atoms with Gasteiger partial charge in [-0.15, -0.1) is 11.3 Å². The van der Waals surface area contributed by atoms with Crippen molar-refractivity contribution in [1.29, 1.82) is 0 Å². The number of anilines is 1. The maximum atomic E-state index is 12.6. The number of hydrogen-bond acceptors (Lipinski definition) is 7. The van der Waals surface area contributed by atoms with Crippen molar-refractivity contribution in [3.63, 3.8) is 0 Å². The molecule has 1 aromatic heterocycles. The molecule has 0 bridgehead atoms. The molecule has 1 N–H and O–H groups in total. The molecule has 0 fully saturated rings. The molecule has 1 amide bonds. The molecule has 0 saturated carbocycles. The molecule has 1 aliphatic carbocycles. The van der Waals surface area contributed by atoms with Crippen molar-refractivity contribution < 1.29 is 24.0 Å². The highest BCUT2D eigenvalue weighted by molar-refractivity contribution is 7.19. The van der Waals surface area contributed by atoms with E-state index in [1.54, 1.807) is 31.2 Å². The number of benzene rings is 1. The molecule has 1 heterocycles. The Morgan fingerprint density at radius 1 is 1.18 bits per heavy atom. The molecular formula is C20H20N2O5S. The third kappa shape index (κ3) is 4.28. The van der Waals surface area contributed by atoms with E-state index in [4.69, 9.17) is 9.57 Å². The molecule has 0 saturated heterocycles. The second-order valence-corrected chi connectivity index (χ2v) is 7.15. The van der Waals surface area contributed by atoms with Crippen molar-refractivity contribution in [2.75, 3.05) is 11.9 Å². The number of thiophene rings is 1. The third-order valence-electron chi connectivity index (χ3n) is 4.14. The van der Waals surface area contributed by atoms with Crippen molar-refractivity contribution in [2.24, 2.45) is 5.16 Å². The second kappa shape index (κ2) is 8.79. The lowest BCUT2D eigenvalue weighted by molar-refractivity contribution is -0.140. The molecule has 1 aromatic carbocycles. The molecule has 146 valence electrons. The largest absolute Gasteiger partial charge is 0.462 e. The predicted molar refractivity (Wildman–Crippen MR) is 106 cm³/mol. The number of rotatable bonds is 5. The molecule has 8 heteroatoms. The van der Waals surface area contributed by atoms with Crippen molar-refractivity contribution in [3.05, 3.63) is 51.9 Å². The number of carbonyl (C=O) groups excluding carboxylic acids is 3. The number of ether oxygens (including phenoxy) is 1. The van der Waals surface area contributed by atoms with Crippen LogP contribution >= 0.6 is 11.3 Å². The van der Waals surface area contributed by atoms with Crippen LogP contribution in [0, 0.1) is 0 Å². The van der Waals surface area contributed by atoms with E-state index in [2.05, 4.69) is 10.5 Å². The molecule has 0 spiro atoms. The van der Waals surface area contributed by atoms with Gasteiger partial charge in [0.2, 0.25) is 0 Å². The summed E-state index contributed by atoms with van der Waals surface area (Å²) in [5, 5.41) is 7.17. The molecule has 2 aromatic rings. The summed E-state index contributed by atoms with van der Waals surface area (Å²) in [4.78, 5) is 41.8. The van der Waals surface area contributed by atoms with Crippen molar-refractivity contribution in [2.45, 2.75) is 33.1 Å². The fraction of sp³-hybridized carbons (Fsp3) is 0.300. The number of hydrogen-bond donors (Lipinski definition) is 1. The molecule has 0 unspecified atom stereocenters. The first kappa shape index (κ1) is 19.8. The van der Waals surface area contributed by atoms with Gasteiger partial charge >= 0.3 is 11.9 Å². The highest BCUT2D eigenvalue weighted by atomic mass is 32.1. The third-order valence-corrected chi connectivity index (χ3v) is 5.33. The Morgan fingerprint density at radius 2 is 1.93 bits per heavy atom. The van der Waals surface area contributed by atoms with E-state index in [1.807, 2.05) is 6.07 Å². The topological polar surface area (TPSA) is 94.1 Å². The van der Waals surface area contributed by atoms with Crippen LogP contribution in [0.5, 0.6) is 0 Å². The Morgan fingerprint density at radius 3 is 2.61 bits per heavy atom. The van der Waals surface area contributed by atoms with E-state index < -0.39 is 11.9 Å². The molecular weight excluding hydrogens is 380 g/mol. The Bertz CT molecular complexity index is 934. The Kier molecular flexibility index (Phi) is 6.20. The summed E-state index contributed by atoms with van der Waals surface area (Å²) in [6.45, 7) is 3.23. The maximum Gasteiger partial charge on any atom is 0.341 e. The van der Waals surface area contributed by atoms with Crippen LogP contribution in [0.1, 0.15) is 57.8 Å². The molecule has 1 aliphatic rings. The van der Waals surface area contributed by atoms with Crippen LogP contribution in [0.2, 0.25) is 0 Å². The summed E-state index contributed by atoms with van der Waals surface area (Å²) in [7, 11) is 0. The average molecular weight is 400 g/mol. The van der Waals surface area contributed by atoms with E-state index in [9.17, 15) is 14.4 Å². The van der Waals surface area contributed by atoms with Gasteiger partial charge < -0.3 is 14.9 Å². The van der Waals surface area contributed by atoms with E-state index in [0.717, 1.165) is 16.9 Å². The van der Waals surface area contributed by atoms with Crippen molar-refractivity contribution in [1.82, 2.24) is 0 Å². The van der Waals surface area contributed by atoms with Gasteiger partial charge in [-0.2, -0.15) is 0 Å². The highest BCUT2D eigenvalue weighted by Gasteiger charge is 2.30. The fourth-order valence-electron chi connectivity index (χ4n) is 2.96. The summed E-state index contributed by atoms with van der Waals surface area (Å²) in [6.07, 6.45) is 2.03. The van der Waals surface area contributed by atoms with Crippen LogP contribution in [-0.4, -0.2) is 30.2 Å². The van der Waals surface area contributed by atoms with E-state index >= 15 is 0 Å². The molecule has 0 aliphatic heterocycles. The van der Waals surface area contributed by atoms with E-state index in [0.29, 0.717) is 34.7 Å². The van der Waals surface area contributed by atoms with Crippen LogP contribution in [0.15, 0.2) is 35.5 Å². The first-order chi connectivity index (χ1) is 13.5. The van der Waals surface area contributed by atoms with Gasteiger partial charge in [0, 0.05) is 12.5 Å². The standard InChI is InChI=1S/C20H20N2O5S/c1-3-26-20(25)16-14-10-7-11-15(22-27-12(2)23)17(14)28-19(16)21-18(24)13-8-5-4-6-9-13/h4-6,8-9H,3,7,10-11H2,1-2H3,(H,21,24). The van der Waals surface area contributed by atoms with Crippen LogP contribution in [-0.2, 0) is 20.8 Å². The Labute approximate surface area is 166 Å². The zero-order chi connectivity index (χ0) is 20.1. The SMILES string of the molecule is CCOC(=O)c1c(NC(=O)c2ccccc2)sc2c1CCCC2=NOC(C)=O. The summed E-state index contributed by atoms with van der Waals surface area (Å²) in [6, 6.07) is 8.75. The molecule has 7 nitrogen and oxygen atoms in total. The predicted octanol–water partition coefficient (Wildman–Crippen LogP) is 3.78. The normalized spacial score (nSPS) is 14.3. The summed E-state index contributed by atoms with van der Waals surface area (Å²) >= 11 is 1.24. The smallest absolute Gasteiger partial charge is 0.341 e. The minimum atomic E-state index is -0.514. The lowest BCUT2D eigenvalue weighted by atomic mass is 9.94. The van der Waals surface area contributed by atoms with Crippen LogP contribution in [0.4, 0.5) is 5.00 Å². The fourth-order valence-corrected chi connectivity index (χ4v) is 4.20. The van der Waals surface area contributed by atoms with Crippen molar-refractivity contribution in [3.8, 4) is 0 Å². The van der Waals surface area contributed by atoms with Gasteiger partial charge in [-0.25, -0.2) is 9.59 Å². The molecule has 3 rings (SSSR count). The minimum Gasteiger partial charge on any atom is -0.462 e. The first-order valence-corrected chi connectivity index (χ1v) is 9.77. The van der Waals surface area contributed by atoms with Crippen LogP contribution < -0.4 is 5.32 Å². The van der Waals surface area contributed by atoms with E-state index in [1.165, 1.54) is 18.3 Å². The average Bonchev–Trinajstić information content (AvgIpc) is 3.05. The number of carbonyl (C=O) groups is 3. The first-order valence-electron chi connectivity index (χ1n) is 8.95. The molecule has 0 radical (unpaired) electrons. The van der Waals surface area contributed by atoms with Gasteiger partial charge in [0.1, 0.15) is 5.00 Å². The zero-order valence-electron chi connectivity index (χ0n) is 15.6. The minimum absolute atomic E-state index is 0.226. The number of esters is 1.